The highest BCUT2D eigenvalue weighted by Gasteiger charge is 2.35. The van der Waals surface area contributed by atoms with Crippen LogP contribution in [-0.2, 0) is 0 Å². The molecule has 1 atom stereocenters. The van der Waals surface area contributed by atoms with E-state index in [2.05, 4.69) is 35.5 Å². The summed E-state index contributed by atoms with van der Waals surface area (Å²) < 4.78 is 5.15. The molecule has 0 saturated carbocycles. The third kappa shape index (κ3) is 5.34. The van der Waals surface area contributed by atoms with Gasteiger partial charge >= 0.3 is 18.1 Å². The summed E-state index contributed by atoms with van der Waals surface area (Å²) in [5.74, 6) is 0.161. The summed E-state index contributed by atoms with van der Waals surface area (Å²) in [6, 6.07) is 16.3. The normalized spacial score (nSPS) is 12.3. The second kappa shape index (κ2) is 8.45. The molecule has 146 valence electrons. The number of benzene rings is 2. The fourth-order valence-electron chi connectivity index (χ4n) is 2.60. The van der Waals surface area contributed by atoms with Gasteiger partial charge in [0.2, 0.25) is 0 Å². The van der Waals surface area contributed by atoms with E-state index in [-0.39, 0.29) is 11.6 Å². The molecule has 0 aliphatic carbocycles. The molecule has 2 amide bonds. The average molecular weight is 418 g/mol. The van der Waals surface area contributed by atoms with Gasteiger partial charge < -0.3 is 5.32 Å². The largest absolute Gasteiger partial charge is 0.326 e. The maximum absolute atomic E-state index is 12.1. The van der Waals surface area contributed by atoms with Gasteiger partial charge in [-0.25, -0.2) is 9.63 Å². The van der Waals surface area contributed by atoms with Crippen LogP contribution in [0.2, 0.25) is 24.7 Å². The van der Waals surface area contributed by atoms with E-state index in [0.717, 1.165) is 5.56 Å². The van der Waals surface area contributed by atoms with Gasteiger partial charge in [0, 0.05) is 10.7 Å². The van der Waals surface area contributed by atoms with E-state index in [4.69, 9.17) is 21.0 Å². The smallest absolute Gasteiger partial charge is 0.308 e. The number of urea groups is 1. The molecule has 0 bridgehead atoms. The van der Waals surface area contributed by atoms with Gasteiger partial charge in [0.25, 0.3) is 5.27 Å². The fourth-order valence-corrected chi connectivity index (χ4v) is 4.34. The first-order valence-corrected chi connectivity index (χ1v) is 12.7. The van der Waals surface area contributed by atoms with Crippen molar-refractivity contribution in [2.24, 2.45) is 0 Å². The molecule has 0 spiro atoms. The zero-order chi connectivity index (χ0) is 20.1. The van der Waals surface area contributed by atoms with Crippen LogP contribution in [0.4, 0.5) is 16.4 Å². The molecule has 2 N–H and O–H groups in total. The number of hydrogen-bond donors (Lipinski definition) is 2. The van der Waals surface area contributed by atoms with Gasteiger partial charge in [0.15, 0.2) is 10.6 Å². The first-order chi connectivity index (χ1) is 13.3. The summed E-state index contributed by atoms with van der Waals surface area (Å²) in [6.07, 6.45) is 1.48. The summed E-state index contributed by atoms with van der Waals surface area (Å²) in [6.45, 7) is 6.64. The van der Waals surface area contributed by atoms with Crippen LogP contribution < -0.4 is 20.3 Å². The third-order valence-electron chi connectivity index (χ3n) is 3.89. The fraction of sp³-hybridized carbons (Fsp3) is 0.211. The summed E-state index contributed by atoms with van der Waals surface area (Å²) >= 11 is 5.83. The number of aromatic nitrogens is 2. The molecule has 2 aromatic carbocycles. The highest BCUT2D eigenvalue weighted by molar-refractivity contribution is 6.77. The van der Waals surface area contributed by atoms with Crippen LogP contribution >= 0.6 is 11.6 Å². The number of carbonyl (C=O) groups excluding carboxylic acids is 1. The van der Waals surface area contributed by atoms with Crippen molar-refractivity contribution >= 4 is 37.3 Å². The van der Waals surface area contributed by atoms with Crippen molar-refractivity contribution in [2.75, 3.05) is 10.6 Å². The maximum Gasteiger partial charge on any atom is 0.326 e. The molecule has 1 heterocycles. The predicted octanol–water partition coefficient (Wildman–Crippen LogP) is 4.31. The summed E-state index contributed by atoms with van der Waals surface area (Å²) in [4.78, 5) is 19.4. The first kappa shape index (κ1) is 19.9. The topological polar surface area (TPSA) is 80.3 Å². The Labute approximate surface area is 169 Å². The molecular weight excluding hydrogens is 396 g/mol. The molecule has 1 unspecified atom stereocenters. The lowest BCUT2D eigenvalue weighted by molar-refractivity contribution is -0.945. The molecule has 0 aliphatic heterocycles. The lowest BCUT2D eigenvalue weighted by atomic mass is 10.2. The highest BCUT2D eigenvalue weighted by Crippen LogP contribution is 2.25. The maximum atomic E-state index is 12.1. The lowest BCUT2D eigenvalue weighted by Crippen LogP contribution is -2.52. The van der Waals surface area contributed by atoms with E-state index in [0.29, 0.717) is 10.7 Å². The molecule has 7 nitrogen and oxygen atoms in total. The molecule has 1 aromatic heterocycles. The zero-order valence-electron chi connectivity index (χ0n) is 15.8. The van der Waals surface area contributed by atoms with Crippen LogP contribution in [0.25, 0.3) is 0 Å². The van der Waals surface area contributed by atoms with Crippen LogP contribution in [0, 0.1) is 0 Å². The third-order valence-corrected chi connectivity index (χ3v) is 6.15. The Morgan fingerprint density at radius 3 is 2.43 bits per heavy atom. The second-order valence-electron chi connectivity index (χ2n) is 7.32. The van der Waals surface area contributed by atoms with Crippen LogP contribution in [0.1, 0.15) is 11.3 Å². The molecule has 0 radical (unpaired) electrons. The van der Waals surface area contributed by atoms with Gasteiger partial charge in [-0.05, 0) is 29.8 Å². The van der Waals surface area contributed by atoms with Gasteiger partial charge in [-0.1, -0.05) is 61.6 Å². The molecule has 28 heavy (non-hydrogen) atoms. The van der Waals surface area contributed by atoms with Gasteiger partial charge in [-0.15, -0.1) is 0 Å². The van der Waals surface area contributed by atoms with Crippen molar-refractivity contribution in [3.63, 3.8) is 0 Å². The average Bonchev–Trinajstić information content (AvgIpc) is 3.08. The van der Waals surface area contributed by atoms with E-state index in [1.165, 1.54) is 11.0 Å². The lowest BCUT2D eigenvalue weighted by Gasteiger charge is -2.23. The van der Waals surface area contributed by atoms with Crippen molar-refractivity contribution in [3.05, 3.63) is 71.4 Å². The number of amides is 2. The van der Waals surface area contributed by atoms with E-state index in [1.807, 2.05) is 30.3 Å². The van der Waals surface area contributed by atoms with Gasteiger partial charge in [0.1, 0.15) is 8.07 Å². The van der Waals surface area contributed by atoms with Crippen molar-refractivity contribution in [1.29, 1.82) is 0 Å². The van der Waals surface area contributed by atoms with Crippen LogP contribution in [0.15, 0.2) is 65.3 Å². The minimum atomic E-state index is -1.72. The first-order valence-electron chi connectivity index (χ1n) is 8.75. The van der Waals surface area contributed by atoms with Crippen molar-refractivity contribution in [3.8, 4) is 0 Å². The van der Waals surface area contributed by atoms with Gasteiger partial charge in [-0.2, -0.15) is 0 Å². The number of hydrogen-bond acceptors (Lipinski definition) is 4. The van der Waals surface area contributed by atoms with Gasteiger partial charge in [-0.3, -0.25) is 9.84 Å². The Bertz CT molecular complexity index is 926. The van der Waals surface area contributed by atoms with Crippen LogP contribution in [0.5, 0.6) is 0 Å². The Hall–Kier alpha value is -2.84. The van der Waals surface area contributed by atoms with Gasteiger partial charge in [0.05, 0.1) is 0 Å². The minimum Gasteiger partial charge on any atom is -0.308 e. The number of nitrogens with one attached hydrogen (secondary N) is 2. The van der Waals surface area contributed by atoms with E-state index < -0.39 is 14.1 Å². The molecular formula is C19H22ClN4O3Si+. The number of anilines is 2. The Morgan fingerprint density at radius 2 is 1.79 bits per heavy atom. The second-order valence-corrected chi connectivity index (χ2v) is 13.0. The van der Waals surface area contributed by atoms with Crippen LogP contribution in [-0.4, -0.2) is 19.4 Å². The number of rotatable bonds is 6. The molecule has 0 saturated heterocycles. The zero-order valence-corrected chi connectivity index (χ0v) is 17.6. The Kier molecular flexibility index (Phi) is 6.01. The quantitative estimate of drug-likeness (QED) is 0.462. The van der Waals surface area contributed by atoms with E-state index in [1.54, 1.807) is 24.3 Å². The van der Waals surface area contributed by atoms with Crippen molar-refractivity contribution in [2.45, 2.75) is 25.4 Å². The van der Waals surface area contributed by atoms with Crippen molar-refractivity contribution in [1.82, 2.24) is 5.27 Å². The molecule has 3 aromatic rings. The number of nitrogens with zero attached hydrogens (tertiary/aromatic N) is 2. The number of carbonyl (C=O) groups is 1. The Balaban J connectivity index is 1.65. The minimum absolute atomic E-state index is 0.125. The summed E-state index contributed by atoms with van der Waals surface area (Å²) in [5.41, 5.74) is 1.56. The Morgan fingerprint density at radius 1 is 1.11 bits per heavy atom. The number of halogens is 1. The SMILES string of the molecule is C[Si](C)(C)C(O[n+]1cc(NC(=O)Nc2ccc(Cl)cc2)on1)c1ccccc1. The standard InChI is InChI=1S/C19H21ClN4O3Si/c1-28(2,3)18(14-7-5-4-6-8-14)27-24-13-17(26-23-24)22-19(25)21-16-11-9-15(20)10-12-16/h4-13,18H,1-3H3,(H-,21,22,23,25)/p+1. The van der Waals surface area contributed by atoms with Crippen LogP contribution in [0.3, 0.4) is 0 Å². The monoisotopic (exact) mass is 417 g/mol. The molecule has 0 aliphatic rings. The predicted molar refractivity (Wildman–Crippen MR) is 110 cm³/mol. The molecule has 9 heteroatoms. The molecule has 3 rings (SSSR count). The summed E-state index contributed by atoms with van der Waals surface area (Å²) in [7, 11) is -1.72. The van der Waals surface area contributed by atoms with E-state index in [9.17, 15) is 4.79 Å². The van der Waals surface area contributed by atoms with E-state index >= 15 is 0 Å². The molecule has 0 fully saturated rings. The summed E-state index contributed by atoms with van der Waals surface area (Å²) in [5, 5.41) is 9.69. The highest BCUT2D eigenvalue weighted by atomic mass is 35.5. The van der Waals surface area contributed by atoms with Crippen molar-refractivity contribution < 1.29 is 19.0 Å².